The van der Waals surface area contributed by atoms with Crippen molar-refractivity contribution in [2.24, 2.45) is 0 Å². The SMILES string of the molecule is CC(=O)O.CCOP(=S)(OCC)OP(=S)(OCC)OCC. The molecular formula is C10H24O7P2S2. The molecule has 0 aromatic carbocycles. The van der Waals surface area contributed by atoms with Crippen LogP contribution in [-0.2, 0) is 50.8 Å². The Morgan fingerprint density at radius 3 is 1.19 bits per heavy atom. The molecule has 0 heterocycles. The van der Waals surface area contributed by atoms with Crippen molar-refractivity contribution in [1.82, 2.24) is 0 Å². The van der Waals surface area contributed by atoms with Gasteiger partial charge in [0.15, 0.2) is 0 Å². The highest BCUT2D eigenvalue weighted by atomic mass is 32.5. The lowest BCUT2D eigenvalue weighted by Gasteiger charge is -2.27. The summed E-state index contributed by atoms with van der Waals surface area (Å²) in [5.41, 5.74) is 0. The van der Waals surface area contributed by atoms with Gasteiger partial charge in [0, 0.05) is 6.92 Å². The van der Waals surface area contributed by atoms with Crippen LogP contribution in [0.4, 0.5) is 0 Å². The van der Waals surface area contributed by atoms with Crippen LogP contribution in [0.25, 0.3) is 0 Å². The molecule has 0 atom stereocenters. The molecule has 0 fully saturated rings. The molecular weight excluding hydrogens is 358 g/mol. The van der Waals surface area contributed by atoms with E-state index in [0.29, 0.717) is 26.4 Å². The lowest BCUT2D eigenvalue weighted by molar-refractivity contribution is -0.134. The molecule has 21 heavy (non-hydrogen) atoms. The maximum absolute atomic E-state index is 9.00. The zero-order chi connectivity index (χ0) is 16.9. The molecule has 0 saturated heterocycles. The summed E-state index contributed by atoms with van der Waals surface area (Å²) in [5, 5.41) is 7.42. The highest BCUT2D eigenvalue weighted by molar-refractivity contribution is 8.14. The zero-order valence-corrected chi connectivity index (χ0v) is 16.4. The Labute approximate surface area is 136 Å². The number of hydrogen-bond acceptors (Lipinski definition) is 8. The van der Waals surface area contributed by atoms with Gasteiger partial charge in [-0.3, -0.25) is 4.79 Å². The lowest BCUT2D eigenvalue weighted by Crippen LogP contribution is -2.03. The van der Waals surface area contributed by atoms with Crippen LogP contribution in [0.1, 0.15) is 34.6 Å². The van der Waals surface area contributed by atoms with Crippen molar-refractivity contribution in [3.05, 3.63) is 0 Å². The largest absolute Gasteiger partial charge is 0.481 e. The second kappa shape index (κ2) is 13.0. The third kappa shape index (κ3) is 13.9. The molecule has 0 aliphatic carbocycles. The van der Waals surface area contributed by atoms with E-state index < -0.39 is 19.4 Å². The number of carboxylic acid groups (broad SMARTS) is 1. The fourth-order valence-corrected chi connectivity index (χ4v) is 7.30. The summed E-state index contributed by atoms with van der Waals surface area (Å²) < 4.78 is 26.9. The minimum Gasteiger partial charge on any atom is -0.481 e. The second-order valence-electron chi connectivity index (χ2n) is 3.17. The monoisotopic (exact) mass is 382 g/mol. The van der Waals surface area contributed by atoms with E-state index in [2.05, 4.69) is 0 Å². The van der Waals surface area contributed by atoms with Gasteiger partial charge < -0.3 is 23.2 Å². The van der Waals surface area contributed by atoms with Crippen molar-refractivity contribution in [1.29, 1.82) is 0 Å². The van der Waals surface area contributed by atoms with E-state index in [4.69, 9.17) is 55.9 Å². The summed E-state index contributed by atoms with van der Waals surface area (Å²) in [5.74, 6) is -0.833. The standard InChI is InChI=1S/C8H20O5P2S2.C2H4O2/c1-5-9-14(16,10-6-2)13-15(17,11-7-3)12-8-4;1-2(3)4/h5-8H2,1-4H3;1H3,(H,3,4). The average Bonchev–Trinajstić information content (AvgIpc) is 2.28. The second-order valence-corrected chi connectivity index (χ2v) is 9.32. The summed E-state index contributed by atoms with van der Waals surface area (Å²) in [6.07, 6.45) is 0. The van der Waals surface area contributed by atoms with Gasteiger partial charge in [0.1, 0.15) is 0 Å². The Hall–Kier alpha value is 0.570. The normalized spacial score (nSPS) is 11.7. The van der Waals surface area contributed by atoms with E-state index in [0.717, 1.165) is 6.92 Å². The first-order valence-corrected chi connectivity index (χ1v) is 11.5. The molecule has 0 aromatic rings. The van der Waals surface area contributed by atoms with Gasteiger partial charge in [-0.2, -0.15) is 0 Å². The van der Waals surface area contributed by atoms with Crippen LogP contribution in [0.3, 0.4) is 0 Å². The fraction of sp³-hybridized carbons (Fsp3) is 0.900. The van der Waals surface area contributed by atoms with Crippen molar-refractivity contribution < 1.29 is 32.3 Å². The first kappa shape index (κ1) is 23.8. The average molecular weight is 382 g/mol. The van der Waals surface area contributed by atoms with Crippen LogP contribution in [0.5, 0.6) is 0 Å². The van der Waals surface area contributed by atoms with Crippen molar-refractivity contribution in [3.8, 4) is 0 Å². The summed E-state index contributed by atoms with van der Waals surface area (Å²) in [4.78, 5) is 9.00. The Kier molecular flexibility index (Phi) is 14.8. The van der Waals surface area contributed by atoms with Crippen LogP contribution in [0, 0.1) is 0 Å². The van der Waals surface area contributed by atoms with Crippen molar-refractivity contribution in [2.75, 3.05) is 26.4 Å². The van der Waals surface area contributed by atoms with Crippen LogP contribution >= 0.6 is 13.4 Å². The Morgan fingerprint density at radius 1 is 0.857 bits per heavy atom. The van der Waals surface area contributed by atoms with Crippen LogP contribution in [-0.4, -0.2) is 37.5 Å². The van der Waals surface area contributed by atoms with Crippen LogP contribution < -0.4 is 0 Å². The first-order chi connectivity index (χ1) is 9.68. The van der Waals surface area contributed by atoms with Gasteiger partial charge in [-0.05, 0) is 51.3 Å². The number of carboxylic acids is 1. The summed E-state index contributed by atoms with van der Waals surface area (Å²) in [7, 11) is 0. The van der Waals surface area contributed by atoms with Gasteiger partial charge in [0.05, 0.1) is 26.4 Å². The molecule has 0 rings (SSSR count). The van der Waals surface area contributed by atoms with Gasteiger partial charge in [-0.1, -0.05) is 0 Å². The molecule has 128 valence electrons. The molecule has 0 bridgehead atoms. The molecule has 0 unspecified atom stereocenters. The number of carbonyl (C=O) groups is 1. The number of rotatable bonds is 10. The van der Waals surface area contributed by atoms with Crippen LogP contribution in [0.2, 0.25) is 0 Å². The summed E-state index contributed by atoms with van der Waals surface area (Å²) in [6, 6.07) is 0. The number of aliphatic carboxylic acids is 1. The Balaban J connectivity index is 0. The van der Waals surface area contributed by atoms with Gasteiger partial charge in [0.2, 0.25) is 0 Å². The van der Waals surface area contributed by atoms with Gasteiger partial charge >= 0.3 is 13.4 Å². The third-order valence-electron chi connectivity index (χ3n) is 1.35. The van der Waals surface area contributed by atoms with E-state index in [1.807, 2.05) is 27.7 Å². The molecule has 0 aromatic heterocycles. The van der Waals surface area contributed by atoms with Crippen molar-refractivity contribution >= 4 is 43.0 Å². The molecule has 0 amide bonds. The molecule has 0 radical (unpaired) electrons. The predicted octanol–water partition coefficient (Wildman–Crippen LogP) is 3.69. The molecule has 7 nitrogen and oxygen atoms in total. The topological polar surface area (TPSA) is 83.5 Å². The summed E-state index contributed by atoms with van der Waals surface area (Å²) >= 11 is 10.4. The summed E-state index contributed by atoms with van der Waals surface area (Å²) in [6.45, 7) is 4.17. The smallest absolute Gasteiger partial charge is 0.334 e. The Morgan fingerprint density at radius 2 is 1.05 bits per heavy atom. The maximum Gasteiger partial charge on any atom is 0.334 e. The molecule has 11 heteroatoms. The van der Waals surface area contributed by atoms with Gasteiger partial charge in [-0.15, -0.1) is 0 Å². The maximum atomic E-state index is 9.00. The fourth-order valence-electron chi connectivity index (χ4n) is 0.924. The van der Waals surface area contributed by atoms with E-state index in [1.54, 1.807) is 0 Å². The van der Waals surface area contributed by atoms with E-state index in [1.165, 1.54) is 0 Å². The van der Waals surface area contributed by atoms with Crippen LogP contribution in [0.15, 0.2) is 0 Å². The first-order valence-electron chi connectivity index (χ1n) is 6.37. The molecule has 0 aliphatic heterocycles. The quantitative estimate of drug-likeness (QED) is 0.569. The molecule has 0 saturated carbocycles. The van der Waals surface area contributed by atoms with E-state index >= 15 is 0 Å². The minimum atomic E-state index is -2.87. The van der Waals surface area contributed by atoms with Gasteiger partial charge in [0.25, 0.3) is 5.97 Å². The minimum absolute atomic E-state index is 0.394. The molecule has 0 aliphatic rings. The highest BCUT2D eigenvalue weighted by Crippen LogP contribution is 2.66. The zero-order valence-electron chi connectivity index (χ0n) is 12.9. The van der Waals surface area contributed by atoms with E-state index in [9.17, 15) is 0 Å². The van der Waals surface area contributed by atoms with Crippen molar-refractivity contribution in [3.63, 3.8) is 0 Å². The van der Waals surface area contributed by atoms with Gasteiger partial charge in [-0.25, -0.2) is 4.31 Å². The third-order valence-corrected chi connectivity index (χ3v) is 7.71. The predicted molar refractivity (Wildman–Crippen MR) is 89.5 cm³/mol. The highest BCUT2D eigenvalue weighted by Gasteiger charge is 2.31. The lowest BCUT2D eigenvalue weighted by atomic mass is 10.9. The van der Waals surface area contributed by atoms with E-state index in [-0.39, 0.29) is 0 Å². The van der Waals surface area contributed by atoms with Crippen molar-refractivity contribution in [2.45, 2.75) is 34.6 Å². The molecule has 1 N–H and O–H groups in total. The molecule has 0 spiro atoms. The Bertz CT molecular complexity index is 326. The number of hydrogen-bond donors (Lipinski definition) is 1.